The van der Waals surface area contributed by atoms with Crippen LogP contribution in [0, 0.1) is 5.41 Å². The van der Waals surface area contributed by atoms with Gasteiger partial charge in [-0.25, -0.2) is 0 Å². The predicted octanol–water partition coefficient (Wildman–Crippen LogP) is 0.719. The van der Waals surface area contributed by atoms with Gasteiger partial charge in [0.1, 0.15) is 5.66 Å². The molecule has 0 radical (unpaired) electrons. The Morgan fingerprint density at radius 3 is 2.81 bits per heavy atom. The van der Waals surface area contributed by atoms with Gasteiger partial charge in [0.25, 0.3) is 0 Å². The number of thioether (sulfide) groups is 1. The zero-order chi connectivity index (χ0) is 11.2. The molecule has 1 aliphatic heterocycles. The predicted molar refractivity (Wildman–Crippen MR) is 61.8 cm³/mol. The van der Waals surface area contributed by atoms with Gasteiger partial charge in [-0.05, 0) is 31.9 Å². The van der Waals surface area contributed by atoms with E-state index in [1.165, 1.54) is 24.6 Å². The van der Waals surface area contributed by atoms with Gasteiger partial charge < -0.3 is 5.32 Å². The molecule has 1 saturated carbocycles. The van der Waals surface area contributed by atoms with Crippen molar-refractivity contribution >= 4 is 17.7 Å². The Labute approximate surface area is 97.4 Å². The van der Waals surface area contributed by atoms with Crippen LogP contribution in [0.1, 0.15) is 25.7 Å². The Balaban J connectivity index is 2.02. The molecule has 1 fully saturated rings. The van der Waals surface area contributed by atoms with Gasteiger partial charge in [0.05, 0.1) is 0 Å². The maximum absolute atomic E-state index is 7.84. The first-order chi connectivity index (χ1) is 7.72. The molecule has 6 nitrogen and oxygen atoms in total. The minimum Gasteiger partial charge on any atom is -0.330 e. The summed E-state index contributed by atoms with van der Waals surface area (Å²) in [7, 11) is 0. The molecule has 3 N–H and O–H groups in total. The van der Waals surface area contributed by atoms with Crippen LogP contribution in [0.5, 0.6) is 0 Å². The fraction of sp³-hybridized carbons (Fsp3) is 0.667. The van der Waals surface area contributed by atoms with Crippen LogP contribution in [0.4, 0.5) is 5.95 Å². The normalized spacial score (nSPS) is 20.6. The summed E-state index contributed by atoms with van der Waals surface area (Å²) in [5.74, 6) is 0.714. The largest absolute Gasteiger partial charge is 0.330 e. The maximum atomic E-state index is 7.84. The standard InChI is InChI=1S/C9H14N6S/c1-16-8-11-6(10)15-7(12-8)13-9(14-15)4-2-3-5-9/h14H,2-5H2,1H3,(H2,10,11,12,13). The Morgan fingerprint density at radius 2 is 2.12 bits per heavy atom. The molecule has 7 heteroatoms. The zero-order valence-electron chi connectivity index (χ0n) is 9.08. The molecule has 0 saturated heterocycles. The fourth-order valence-electron chi connectivity index (χ4n) is 2.36. The molecule has 16 heavy (non-hydrogen) atoms. The lowest BCUT2D eigenvalue weighted by Crippen LogP contribution is -2.42. The summed E-state index contributed by atoms with van der Waals surface area (Å²) in [6, 6.07) is 0. The molecule has 1 spiro atoms. The Bertz CT molecular complexity index is 475. The molecule has 0 unspecified atom stereocenters. The highest BCUT2D eigenvalue weighted by atomic mass is 32.2. The van der Waals surface area contributed by atoms with Crippen molar-refractivity contribution < 1.29 is 0 Å². The van der Waals surface area contributed by atoms with E-state index in [1.807, 2.05) is 6.26 Å². The maximum Gasteiger partial charge on any atom is 0.246 e. The third-order valence-corrected chi connectivity index (χ3v) is 3.69. The smallest absolute Gasteiger partial charge is 0.246 e. The van der Waals surface area contributed by atoms with Crippen LogP contribution >= 0.6 is 11.8 Å². The van der Waals surface area contributed by atoms with Crippen molar-refractivity contribution in [1.29, 1.82) is 5.41 Å². The Kier molecular flexibility index (Phi) is 2.10. The average molecular weight is 238 g/mol. The number of aromatic nitrogens is 3. The highest BCUT2D eigenvalue weighted by Crippen LogP contribution is 2.34. The molecular formula is C9H14N6S. The van der Waals surface area contributed by atoms with E-state index in [1.54, 1.807) is 4.68 Å². The SMILES string of the molecule is CSc1nc2n(c(=N)n1)NC1(CCCC1)N2. The average Bonchev–Trinajstić information content (AvgIpc) is 2.86. The monoisotopic (exact) mass is 238 g/mol. The summed E-state index contributed by atoms with van der Waals surface area (Å²) in [5, 5.41) is 11.9. The highest BCUT2D eigenvalue weighted by Gasteiger charge is 2.40. The van der Waals surface area contributed by atoms with E-state index in [2.05, 4.69) is 20.7 Å². The summed E-state index contributed by atoms with van der Waals surface area (Å²) in [5.41, 5.74) is 3.44. The van der Waals surface area contributed by atoms with Crippen LogP contribution in [0.2, 0.25) is 0 Å². The van der Waals surface area contributed by atoms with Crippen LogP contribution in [-0.4, -0.2) is 26.6 Å². The van der Waals surface area contributed by atoms with Gasteiger partial charge in [-0.3, -0.25) is 10.8 Å². The second-order valence-corrected chi connectivity index (χ2v) is 4.99. The third-order valence-electron chi connectivity index (χ3n) is 3.14. The number of rotatable bonds is 1. The lowest BCUT2D eigenvalue weighted by molar-refractivity contribution is 0.524. The molecule has 2 heterocycles. The highest BCUT2D eigenvalue weighted by molar-refractivity contribution is 7.98. The van der Waals surface area contributed by atoms with Gasteiger partial charge >= 0.3 is 0 Å². The van der Waals surface area contributed by atoms with E-state index in [0.717, 1.165) is 12.8 Å². The van der Waals surface area contributed by atoms with E-state index < -0.39 is 0 Å². The molecule has 1 aromatic rings. The van der Waals surface area contributed by atoms with Gasteiger partial charge in [0.2, 0.25) is 11.6 Å². The lowest BCUT2D eigenvalue weighted by atomic mass is 10.1. The first-order valence-electron chi connectivity index (χ1n) is 5.38. The summed E-state index contributed by atoms with van der Waals surface area (Å²) in [4.78, 5) is 8.47. The van der Waals surface area contributed by atoms with E-state index in [9.17, 15) is 0 Å². The summed E-state index contributed by atoms with van der Waals surface area (Å²) >= 11 is 1.46. The van der Waals surface area contributed by atoms with Crippen molar-refractivity contribution in [3.05, 3.63) is 5.62 Å². The van der Waals surface area contributed by atoms with Crippen molar-refractivity contribution in [2.75, 3.05) is 17.0 Å². The van der Waals surface area contributed by atoms with E-state index in [4.69, 9.17) is 5.41 Å². The molecule has 0 atom stereocenters. The first-order valence-corrected chi connectivity index (χ1v) is 6.61. The van der Waals surface area contributed by atoms with Crippen LogP contribution < -0.4 is 16.4 Å². The van der Waals surface area contributed by atoms with Crippen LogP contribution in [0.3, 0.4) is 0 Å². The van der Waals surface area contributed by atoms with Crippen molar-refractivity contribution in [2.45, 2.75) is 36.5 Å². The number of nitrogens with zero attached hydrogens (tertiary/aromatic N) is 3. The third kappa shape index (κ3) is 1.38. The van der Waals surface area contributed by atoms with Gasteiger partial charge in [0, 0.05) is 0 Å². The van der Waals surface area contributed by atoms with Crippen LogP contribution in [0.25, 0.3) is 0 Å². The number of hydrogen-bond acceptors (Lipinski definition) is 6. The van der Waals surface area contributed by atoms with Crippen molar-refractivity contribution in [3.63, 3.8) is 0 Å². The van der Waals surface area contributed by atoms with Gasteiger partial charge in [-0.2, -0.15) is 14.6 Å². The van der Waals surface area contributed by atoms with Gasteiger partial charge in [-0.15, -0.1) is 0 Å². The summed E-state index contributed by atoms with van der Waals surface area (Å²) in [6.45, 7) is 0. The molecule has 0 bridgehead atoms. The summed E-state index contributed by atoms with van der Waals surface area (Å²) < 4.78 is 1.64. The molecular weight excluding hydrogens is 224 g/mol. The molecule has 0 amide bonds. The second kappa shape index (κ2) is 3.38. The molecule has 1 aromatic heterocycles. The molecule has 1 aliphatic carbocycles. The molecule has 3 rings (SSSR count). The van der Waals surface area contributed by atoms with E-state index in [-0.39, 0.29) is 11.3 Å². The minimum atomic E-state index is -0.0888. The second-order valence-electron chi connectivity index (χ2n) is 4.22. The van der Waals surface area contributed by atoms with E-state index in [0.29, 0.717) is 11.1 Å². The number of nitrogens with one attached hydrogen (secondary N) is 3. The molecule has 86 valence electrons. The van der Waals surface area contributed by atoms with Crippen LogP contribution in [-0.2, 0) is 0 Å². The topological polar surface area (TPSA) is 78.6 Å². The quantitative estimate of drug-likeness (QED) is 0.628. The van der Waals surface area contributed by atoms with Crippen LogP contribution in [0.15, 0.2) is 5.16 Å². The molecule has 2 aliphatic rings. The Morgan fingerprint density at radius 1 is 1.38 bits per heavy atom. The minimum absolute atomic E-state index is 0.0888. The fourth-order valence-corrected chi connectivity index (χ4v) is 2.71. The van der Waals surface area contributed by atoms with Crippen molar-refractivity contribution in [1.82, 2.24) is 14.6 Å². The van der Waals surface area contributed by atoms with Gasteiger partial charge in [0.15, 0.2) is 5.16 Å². The van der Waals surface area contributed by atoms with Gasteiger partial charge in [-0.1, -0.05) is 11.8 Å². The van der Waals surface area contributed by atoms with Crippen molar-refractivity contribution in [3.8, 4) is 0 Å². The first kappa shape index (κ1) is 9.95. The number of hydrogen-bond donors (Lipinski definition) is 3. The van der Waals surface area contributed by atoms with Crippen molar-refractivity contribution in [2.24, 2.45) is 0 Å². The number of fused-ring (bicyclic) bond motifs is 1. The zero-order valence-corrected chi connectivity index (χ0v) is 9.89. The molecule has 0 aromatic carbocycles. The number of anilines is 1. The Hall–Kier alpha value is -1.24. The van der Waals surface area contributed by atoms with E-state index >= 15 is 0 Å². The lowest BCUT2D eigenvalue weighted by Gasteiger charge is -2.23. The summed E-state index contributed by atoms with van der Waals surface area (Å²) in [6.07, 6.45) is 6.49.